The van der Waals surface area contributed by atoms with E-state index in [1.807, 2.05) is 41.9 Å². The number of aliphatic hydroxyl groups is 1. The highest BCUT2D eigenvalue weighted by atomic mass is 31.2. The van der Waals surface area contributed by atoms with Gasteiger partial charge < -0.3 is 28.7 Å². The zero-order chi connectivity index (χ0) is 31.9. The molecule has 2 aliphatic carbocycles. The Kier molecular flexibility index (Phi) is 10.6. The van der Waals surface area contributed by atoms with Crippen LogP contribution in [-0.4, -0.2) is 103 Å². The standard InChI is InChI=1S/C30H54NO10P/c1-11-28(5)17-22(33)24-29(6)14-12-13-27(3,4)25(29)23(34)26(30(24,7)41-28)37-18-21(40-20(2)32)19-39-42(35,36)38-16-15-31(8,9)10/h21,23-26,34H,11-19H2,1-10H3/p+1/t21?,23-,24+,25?,26-,28-,29+,30-/m0/s1. The third-order valence-corrected chi connectivity index (χ3v) is 10.8. The van der Waals surface area contributed by atoms with E-state index in [2.05, 4.69) is 20.8 Å². The first kappa shape index (κ1) is 35.6. The summed E-state index contributed by atoms with van der Waals surface area (Å²) in [4.78, 5) is 36.1. The molecule has 1 aliphatic heterocycles. The number of nitrogens with zero attached hydrogens (tertiary/aromatic N) is 1. The largest absolute Gasteiger partial charge is 0.472 e. The van der Waals surface area contributed by atoms with Crippen LogP contribution in [0.15, 0.2) is 0 Å². The van der Waals surface area contributed by atoms with Gasteiger partial charge in [-0.3, -0.25) is 18.6 Å². The van der Waals surface area contributed by atoms with Gasteiger partial charge in [0.2, 0.25) is 0 Å². The summed E-state index contributed by atoms with van der Waals surface area (Å²) < 4.78 is 41.9. The molecule has 9 atom stereocenters. The van der Waals surface area contributed by atoms with Crippen molar-refractivity contribution in [1.82, 2.24) is 0 Å². The normalized spacial score (nSPS) is 38.6. The van der Waals surface area contributed by atoms with E-state index in [0.29, 0.717) is 23.9 Å². The second-order valence-electron chi connectivity index (χ2n) is 15.1. The molecule has 2 N–H and O–H groups in total. The molecule has 3 rings (SSSR count). The minimum absolute atomic E-state index is 0.00246. The second-order valence-corrected chi connectivity index (χ2v) is 16.5. The van der Waals surface area contributed by atoms with Crippen molar-refractivity contribution < 1.29 is 51.9 Å². The first-order valence-corrected chi connectivity index (χ1v) is 16.7. The van der Waals surface area contributed by atoms with Crippen LogP contribution >= 0.6 is 7.82 Å². The number of carbonyl (C=O) groups is 2. The average molecular weight is 621 g/mol. The number of hydrogen-bond donors (Lipinski definition) is 2. The van der Waals surface area contributed by atoms with Crippen LogP contribution in [0.4, 0.5) is 0 Å². The third kappa shape index (κ3) is 7.65. The van der Waals surface area contributed by atoms with Gasteiger partial charge in [-0.25, -0.2) is 4.57 Å². The van der Waals surface area contributed by atoms with Crippen molar-refractivity contribution in [2.75, 3.05) is 47.5 Å². The Hall–Kier alpha value is -0.910. The molecule has 1 saturated heterocycles. The molecule has 0 aromatic carbocycles. The minimum Gasteiger partial charge on any atom is -0.458 e. The lowest BCUT2D eigenvalue weighted by Gasteiger charge is -2.67. The molecule has 12 heteroatoms. The summed E-state index contributed by atoms with van der Waals surface area (Å²) in [6.45, 7) is 13.1. The van der Waals surface area contributed by atoms with Crippen LogP contribution in [0.2, 0.25) is 0 Å². The Morgan fingerprint density at radius 2 is 1.76 bits per heavy atom. The quantitative estimate of drug-likeness (QED) is 0.188. The number of ether oxygens (including phenoxy) is 3. The second kappa shape index (κ2) is 12.5. The maximum atomic E-state index is 14.0. The van der Waals surface area contributed by atoms with Gasteiger partial charge in [0.25, 0.3) is 0 Å². The van der Waals surface area contributed by atoms with Crippen molar-refractivity contribution >= 4 is 19.6 Å². The number of Topliss-reactive ketones (excluding diaryl/α,β-unsaturated/α-hetero) is 1. The topological polar surface area (TPSA) is 138 Å². The van der Waals surface area contributed by atoms with Crippen molar-refractivity contribution in [2.24, 2.45) is 22.7 Å². The van der Waals surface area contributed by atoms with Gasteiger partial charge in [-0.2, -0.15) is 0 Å². The van der Waals surface area contributed by atoms with Gasteiger partial charge >= 0.3 is 13.8 Å². The fourth-order valence-corrected chi connectivity index (χ4v) is 8.89. The number of rotatable bonds is 12. The zero-order valence-electron chi connectivity index (χ0n) is 27.3. The smallest absolute Gasteiger partial charge is 0.458 e. The highest BCUT2D eigenvalue weighted by molar-refractivity contribution is 7.47. The summed E-state index contributed by atoms with van der Waals surface area (Å²) in [6, 6.07) is 0. The number of likely N-dealkylation sites (N-methyl/N-ethyl adjacent to an activating group) is 1. The Balaban J connectivity index is 1.87. The molecule has 0 amide bonds. The number of fused-ring (bicyclic) bond motifs is 3. The highest BCUT2D eigenvalue weighted by Crippen LogP contribution is 2.65. The molecule has 1 heterocycles. The van der Waals surface area contributed by atoms with Gasteiger partial charge in [0, 0.05) is 13.3 Å². The van der Waals surface area contributed by atoms with Crippen LogP contribution in [0.3, 0.4) is 0 Å². The number of hydrogen-bond acceptors (Lipinski definition) is 9. The predicted octanol–water partition coefficient (Wildman–Crippen LogP) is 3.88. The van der Waals surface area contributed by atoms with E-state index in [1.165, 1.54) is 6.92 Å². The summed E-state index contributed by atoms with van der Waals surface area (Å²) in [5.74, 6) is -1.25. The van der Waals surface area contributed by atoms with Gasteiger partial charge in [0.05, 0.1) is 52.0 Å². The van der Waals surface area contributed by atoms with E-state index in [0.717, 1.165) is 19.3 Å². The molecule has 0 bridgehead atoms. The zero-order valence-corrected chi connectivity index (χ0v) is 28.2. The molecule has 3 fully saturated rings. The summed E-state index contributed by atoms with van der Waals surface area (Å²) in [7, 11) is 1.35. The molecule has 42 heavy (non-hydrogen) atoms. The molecule has 2 saturated carbocycles. The number of ketones is 1. The van der Waals surface area contributed by atoms with E-state index >= 15 is 0 Å². The van der Waals surface area contributed by atoms with Crippen LogP contribution in [0.1, 0.15) is 80.6 Å². The maximum Gasteiger partial charge on any atom is 0.472 e. The fraction of sp³-hybridized carbons (Fsp3) is 0.933. The Labute approximate surface area is 251 Å². The Morgan fingerprint density at radius 1 is 1.12 bits per heavy atom. The molecule has 11 nitrogen and oxygen atoms in total. The number of phosphoric ester groups is 1. The van der Waals surface area contributed by atoms with Crippen LogP contribution in [-0.2, 0) is 37.4 Å². The lowest BCUT2D eigenvalue weighted by molar-refractivity contribution is -0.870. The van der Waals surface area contributed by atoms with Gasteiger partial charge in [-0.15, -0.1) is 0 Å². The minimum atomic E-state index is -4.43. The Bertz CT molecular complexity index is 1050. The Morgan fingerprint density at radius 3 is 2.33 bits per heavy atom. The summed E-state index contributed by atoms with van der Waals surface area (Å²) in [5.41, 5.74) is -2.62. The number of aliphatic hydroxyl groups excluding tert-OH is 1. The molecular formula is C30H55NO10P+. The van der Waals surface area contributed by atoms with E-state index in [4.69, 9.17) is 23.3 Å². The SMILES string of the molecule is CC[C@@]1(C)CC(=O)[C@H]2[C@](C)(O1)[C@@H](OCC(COP(=O)(O)OCC[N+](C)(C)C)OC(C)=O)[C@@H](O)C1C(C)(C)CCC[C@@]12C. The summed E-state index contributed by atoms with van der Waals surface area (Å²) in [5, 5.41) is 12.1. The van der Waals surface area contributed by atoms with Gasteiger partial charge in [-0.05, 0) is 49.9 Å². The van der Waals surface area contributed by atoms with Crippen molar-refractivity contribution in [2.45, 2.75) is 110 Å². The monoisotopic (exact) mass is 620 g/mol. The molecular weight excluding hydrogens is 565 g/mol. The summed E-state index contributed by atoms with van der Waals surface area (Å²) in [6.07, 6.45) is 0.599. The number of phosphoric acid groups is 1. The first-order valence-electron chi connectivity index (χ1n) is 15.2. The van der Waals surface area contributed by atoms with Gasteiger partial charge in [-0.1, -0.05) is 34.1 Å². The van der Waals surface area contributed by atoms with E-state index in [-0.39, 0.29) is 30.3 Å². The molecule has 0 radical (unpaired) electrons. The molecule has 3 aliphatic rings. The van der Waals surface area contributed by atoms with Gasteiger partial charge in [0.1, 0.15) is 36.7 Å². The van der Waals surface area contributed by atoms with Crippen molar-refractivity contribution in [3.8, 4) is 0 Å². The highest BCUT2D eigenvalue weighted by Gasteiger charge is 2.71. The van der Waals surface area contributed by atoms with Crippen LogP contribution < -0.4 is 0 Å². The van der Waals surface area contributed by atoms with Crippen molar-refractivity contribution in [3.05, 3.63) is 0 Å². The molecule has 0 aromatic rings. The number of carbonyl (C=O) groups excluding carboxylic acids is 2. The summed E-state index contributed by atoms with van der Waals surface area (Å²) >= 11 is 0. The van der Waals surface area contributed by atoms with Crippen molar-refractivity contribution in [3.63, 3.8) is 0 Å². The van der Waals surface area contributed by atoms with Gasteiger partial charge in [0.15, 0.2) is 0 Å². The molecule has 0 spiro atoms. The third-order valence-electron chi connectivity index (χ3n) is 9.86. The average Bonchev–Trinajstić information content (AvgIpc) is 2.79. The number of esters is 1. The lowest BCUT2D eigenvalue weighted by atomic mass is 9.42. The van der Waals surface area contributed by atoms with Crippen LogP contribution in [0.25, 0.3) is 0 Å². The van der Waals surface area contributed by atoms with Crippen LogP contribution in [0, 0.1) is 22.7 Å². The fourth-order valence-electron chi connectivity index (χ4n) is 8.15. The van der Waals surface area contributed by atoms with E-state index in [9.17, 15) is 24.2 Å². The van der Waals surface area contributed by atoms with E-state index in [1.54, 1.807) is 0 Å². The first-order chi connectivity index (χ1) is 19.1. The molecule has 0 aromatic heterocycles. The number of quaternary nitrogens is 1. The molecule has 3 unspecified atom stereocenters. The molecule has 244 valence electrons. The van der Waals surface area contributed by atoms with Crippen LogP contribution in [0.5, 0.6) is 0 Å². The van der Waals surface area contributed by atoms with E-state index < -0.39 is 61.2 Å². The van der Waals surface area contributed by atoms with Crippen molar-refractivity contribution in [1.29, 1.82) is 0 Å². The lowest BCUT2D eigenvalue weighted by Crippen LogP contribution is -2.75. The predicted molar refractivity (Wildman–Crippen MR) is 156 cm³/mol. The maximum absolute atomic E-state index is 14.0.